The Kier molecular flexibility index (Phi) is 9.18. The van der Waals surface area contributed by atoms with E-state index in [0.717, 1.165) is 5.56 Å². The number of carbonyl (C=O) groups excluding carboxylic acids is 2. The van der Waals surface area contributed by atoms with Crippen LogP contribution in [0, 0.1) is 0 Å². The summed E-state index contributed by atoms with van der Waals surface area (Å²) in [6, 6.07) is 12.3. The number of amides is 2. The third-order valence-corrected chi connectivity index (χ3v) is 3.74. The van der Waals surface area contributed by atoms with Crippen molar-refractivity contribution in [2.24, 2.45) is 5.10 Å². The van der Waals surface area contributed by atoms with Crippen molar-refractivity contribution in [1.29, 1.82) is 0 Å². The van der Waals surface area contributed by atoms with Crippen LogP contribution in [0.1, 0.15) is 32.8 Å². The number of ether oxygens (including phenoxy) is 3. The van der Waals surface area contributed by atoms with Gasteiger partial charge in [-0.1, -0.05) is 0 Å². The van der Waals surface area contributed by atoms with Gasteiger partial charge >= 0.3 is 0 Å². The molecule has 8 heteroatoms. The number of nitrogens with zero attached hydrogens (tertiary/aromatic N) is 1. The largest absolute Gasteiger partial charge is 0.494 e. The molecule has 0 radical (unpaired) electrons. The molecule has 0 unspecified atom stereocenters. The first-order chi connectivity index (χ1) is 14.5. The molecule has 0 saturated heterocycles. The monoisotopic (exact) mass is 413 g/mol. The molecule has 2 amide bonds. The second kappa shape index (κ2) is 12.1. The Hall–Kier alpha value is -3.55. The lowest BCUT2D eigenvalue weighted by atomic mass is 10.2. The summed E-state index contributed by atoms with van der Waals surface area (Å²) in [5.41, 5.74) is 3.65. The van der Waals surface area contributed by atoms with E-state index in [1.807, 2.05) is 20.8 Å². The number of anilines is 1. The fraction of sp³-hybridized carbons (Fsp3) is 0.318. The third kappa shape index (κ3) is 7.46. The highest BCUT2D eigenvalue weighted by molar-refractivity contribution is 6.03. The molecule has 0 saturated carbocycles. The molecule has 0 bridgehead atoms. The van der Waals surface area contributed by atoms with E-state index in [4.69, 9.17) is 14.2 Å². The van der Waals surface area contributed by atoms with Crippen molar-refractivity contribution in [3.05, 3.63) is 48.0 Å². The topological polar surface area (TPSA) is 98.2 Å². The van der Waals surface area contributed by atoms with Crippen LogP contribution in [-0.2, 0) is 9.59 Å². The summed E-state index contributed by atoms with van der Waals surface area (Å²) in [4.78, 5) is 23.9. The molecule has 0 aliphatic carbocycles. The zero-order chi connectivity index (χ0) is 21.8. The molecule has 30 heavy (non-hydrogen) atoms. The van der Waals surface area contributed by atoms with E-state index in [1.165, 1.54) is 6.21 Å². The van der Waals surface area contributed by atoms with Crippen LogP contribution < -0.4 is 25.0 Å². The first-order valence-electron chi connectivity index (χ1n) is 9.79. The average Bonchev–Trinajstić information content (AvgIpc) is 2.72. The highest BCUT2D eigenvalue weighted by atomic mass is 16.5. The van der Waals surface area contributed by atoms with E-state index in [2.05, 4.69) is 15.8 Å². The first-order valence-corrected chi connectivity index (χ1v) is 9.79. The van der Waals surface area contributed by atoms with Crippen molar-refractivity contribution >= 4 is 23.7 Å². The Labute approximate surface area is 176 Å². The molecule has 0 aliphatic rings. The van der Waals surface area contributed by atoms with Crippen LogP contribution in [0.15, 0.2) is 47.6 Å². The van der Waals surface area contributed by atoms with Crippen molar-refractivity contribution in [1.82, 2.24) is 5.43 Å². The number of hydrogen-bond donors (Lipinski definition) is 2. The maximum Gasteiger partial charge on any atom is 0.249 e. The summed E-state index contributed by atoms with van der Waals surface area (Å²) in [6.45, 7) is 7.27. The lowest BCUT2D eigenvalue weighted by Crippen LogP contribution is -2.24. The minimum Gasteiger partial charge on any atom is -0.494 e. The van der Waals surface area contributed by atoms with Gasteiger partial charge in [0.2, 0.25) is 11.8 Å². The molecule has 8 nitrogen and oxygen atoms in total. The Balaban J connectivity index is 1.85. The molecule has 0 heterocycles. The summed E-state index contributed by atoms with van der Waals surface area (Å²) in [6.07, 6.45) is 1.12. The summed E-state index contributed by atoms with van der Waals surface area (Å²) >= 11 is 0. The molecule has 0 spiro atoms. The molecule has 2 rings (SSSR count). The maximum absolute atomic E-state index is 12.0. The van der Waals surface area contributed by atoms with Gasteiger partial charge in [0.25, 0.3) is 0 Å². The van der Waals surface area contributed by atoms with E-state index in [-0.39, 0.29) is 6.42 Å². The van der Waals surface area contributed by atoms with Crippen LogP contribution in [0.4, 0.5) is 5.69 Å². The summed E-state index contributed by atoms with van der Waals surface area (Å²) in [5, 5.41) is 6.55. The molecule has 0 aliphatic heterocycles. The van der Waals surface area contributed by atoms with E-state index in [9.17, 15) is 9.59 Å². The van der Waals surface area contributed by atoms with Crippen LogP contribution in [0.2, 0.25) is 0 Å². The SMILES string of the molecule is CCOc1ccc(NC(=O)CC(=O)NN=Cc2ccc(OCC)c(OCC)c2)cc1. The quantitative estimate of drug-likeness (QED) is 0.334. The molecule has 2 N–H and O–H groups in total. The van der Waals surface area contributed by atoms with Crippen LogP contribution >= 0.6 is 0 Å². The minimum atomic E-state index is -0.523. The van der Waals surface area contributed by atoms with E-state index in [1.54, 1.807) is 42.5 Å². The number of nitrogens with one attached hydrogen (secondary N) is 2. The second-order valence-corrected chi connectivity index (χ2v) is 6.05. The highest BCUT2D eigenvalue weighted by Crippen LogP contribution is 2.28. The van der Waals surface area contributed by atoms with Crippen LogP contribution in [0.5, 0.6) is 17.2 Å². The Morgan fingerprint density at radius 2 is 1.53 bits per heavy atom. The molecular formula is C22H27N3O5. The van der Waals surface area contributed by atoms with Crippen molar-refractivity contribution < 1.29 is 23.8 Å². The van der Waals surface area contributed by atoms with Crippen molar-refractivity contribution in [3.63, 3.8) is 0 Å². The van der Waals surface area contributed by atoms with Gasteiger partial charge in [0.05, 0.1) is 26.0 Å². The Morgan fingerprint density at radius 3 is 2.20 bits per heavy atom. The van der Waals surface area contributed by atoms with Gasteiger partial charge in [-0.25, -0.2) is 5.43 Å². The lowest BCUT2D eigenvalue weighted by Gasteiger charge is -2.11. The summed E-state index contributed by atoms with van der Waals surface area (Å²) in [7, 11) is 0. The van der Waals surface area contributed by atoms with Crippen LogP contribution in [-0.4, -0.2) is 37.8 Å². The van der Waals surface area contributed by atoms with Gasteiger partial charge in [-0.15, -0.1) is 0 Å². The van der Waals surface area contributed by atoms with E-state index < -0.39 is 11.8 Å². The second-order valence-electron chi connectivity index (χ2n) is 6.05. The van der Waals surface area contributed by atoms with Gasteiger partial charge in [-0.2, -0.15) is 5.10 Å². The van der Waals surface area contributed by atoms with Gasteiger partial charge < -0.3 is 19.5 Å². The normalized spacial score (nSPS) is 10.5. The van der Waals surface area contributed by atoms with E-state index >= 15 is 0 Å². The van der Waals surface area contributed by atoms with Crippen LogP contribution in [0.25, 0.3) is 0 Å². The third-order valence-electron chi connectivity index (χ3n) is 3.74. The Bertz CT molecular complexity index is 866. The fourth-order valence-corrected chi connectivity index (χ4v) is 2.52. The molecular weight excluding hydrogens is 386 g/mol. The van der Waals surface area contributed by atoms with Crippen molar-refractivity contribution in [2.75, 3.05) is 25.1 Å². The standard InChI is InChI=1S/C22H27N3O5/c1-4-28-18-10-8-17(9-11-18)24-21(26)14-22(27)25-23-15-16-7-12-19(29-5-2)20(13-16)30-6-3/h7-13,15H,4-6,14H2,1-3H3,(H,24,26)(H,25,27). The predicted octanol–water partition coefficient (Wildman–Crippen LogP) is 3.36. The number of hydrogen-bond acceptors (Lipinski definition) is 6. The number of benzene rings is 2. The molecule has 0 fully saturated rings. The number of hydrazone groups is 1. The van der Waals surface area contributed by atoms with Gasteiger partial charge in [0.1, 0.15) is 12.2 Å². The molecule has 0 aromatic heterocycles. The van der Waals surface area contributed by atoms with Crippen LogP contribution in [0.3, 0.4) is 0 Å². The zero-order valence-electron chi connectivity index (χ0n) is 17.4. The van der Waals surface area contributed by atoms with Crippen molar-refractivity contribution in [3.8, 4) is 17.2 Å². The minimum absolute atomic E-state index is 0.349. The van der Waals surface area contributed by atoms with E-state index in [0.29, 0.717) is 42.8 Å². The smallest absolute Gasteiger partial charge is 0.249 e. The Morgan fingerprint density at radius 1 is 0.867 bits per heavy atom. The lowest BCUT2D eigenvalue weighted by molar-refractivity contribution is -0.126. The number of rotatable bonds is 11. The zero-order valence-corrected chi connectivity index (χ0v) is 17.4. The predicted molar refractivity (Wildman–Crippen MR) is 115 cm³/mol. The highest BCUT2D eigenvalue weighted by Gasteiger charge is 2.09. The fourth-order valence-electron chi connectivity index (χ4n) is 2.52. The van der Waals surface area contributed by atoms with Gasteiger partial charge in [0.15, 0.2) is 11.5 Å². The molecule has 2 aromatic rings. The molecule has 160 valence electrons. The van der Waals surface area contributed by atoms with Gasteiger partial charge in [0, 0.05) is 5.69 Å². The average molecular weight is 413 g/mol. The van der Waals surface area contributed by atoms with Gasteiger partial charge in [-0.3, -0.25) is 9.59 Å². The summed E-state index contributed by atoms with van der Waals surface area (Å²) in [5.74, 6) is 0.998. The van der Waals surface area contributed by atoms with Gasteiger partial charge in [-0.05, 0) is 68.8 Å². The van der Waals surface area contributed by atoms with Crippen molar-refractivity contribution in [2.45, 2.75) is 27.2 Å². The molecule has 2 aromatic carbocycles. The first kappa shape index (κ1) is 22.7. The summed E-state index contributed by atoms with van der Waals surface area (Å²) < 4.78 is 16.4. The number of carbonyl (C=O) groups is 2. The maximum atomic E-state index is 12.0. The molecule has 0 atom stereocenters.